The summed E-state index contributed by atoms with van der Waals surface area (Å²) in [6.45, 7) is 9.16. The molecule has 2 atom stereocenters. The van der Waals surface area contributed by atoms with Crippen LogP contribution < -0.4 is 16.4 Å². The monoisotopic (exact) mass is 285 g/mol. The second-order valence-corrected chi connectivity index (χ2v) is 5.91. The summed E-state index contributed by atoms with van der Waals surface area (Å²) in [4.78, 5) is 23.3. The molecule has 5 nitrogen and oxygen atoms in total. The van der Waals surface area contributed by atoms with E-state index in [-0.39, 0.29) is 23.8 Å². The Kier molecular flexibility index (Phi) is 10.1. The Labute approximate surface area is 123 Å². The normalized spacial score (nSPS) is 13.9. The largest absolute Gasteiger partial charge is 0.356 e. The average Bonchev–Trinajstić information content (AvgIpc) is 2.37. The van der Waals surface area contributed by atoms with Gasteiger partial charge in [0.1, 0.15) is 0 Å². The van der Waals surface area contributed by atoms with Crippen molar-refractivity contribution in [3.8, 4) is 0 Å². The van der Waals surface area contributed by atoms with Crippen LogP contribution in [-0.2, 0) is 9.59 Å². The average molecular weight is 285 g/mol. The zero-order chi connectivity index (χ0) is 15.5. The molecule has 0 fully saturated rings. The van der Waals surface area contributed by atoms with Crippen molar-refractivity contribution in [3.63, 3.8) is 0 Å². The summed E-state index contributed by atoms with van der Waals surface area (Å²) in [6.07, 6.45) is 2.64. The van der Waals surface area contributed by atoms with Crippen molar-refractivity contribution in [3.05, 3.63) is 0 Å². The summed E-state index contributed by atoms with van der Waals surface area (Å²) in [5, 5.41) is 5.66. The Hall–Kier alpha value is -1.10. The van der Waals surface area contributed by atoms with Crippen LogP contribution in [-0.4, -0.2) is 30.9 Å². The smallest absolute Gasteiger partial charge is 0.221 e. The molecule has 0 radical (unpaired) electrons. The third-order valence-electron chi connectivity index (χ3n) is 3.31. The number of hydrogen-bond donors (Lipinski definition) is 3. The maximum Gasteiger partial charge on any atom is 0.221 e. The molecule has 118 valence electrons. The molecule has 1 unspecified atom stereocenters. The zero-order valence-corrected chi connectivity index (χ0v) is 13.4. The van der Waals surface area contributed by atoms with Crippen molar-refractivity contribution in [1.29, 1.82) is 0 Å². The van der Waals surface area contributed by atoms with Gasteiger partial charge in [-0.3, -0.25) is 9.59 Å². The van der Waals surface area contributed by atoms with Gasteiger partial charge in [0.15, 0.2) is 0 Å². The van der Waals surface area contributed by atoms with Crippen LogP contribution in [0.3, 0.4) is 0 Å². The van der Waals surface area contributed by atoms with E-state index in [1.165, 1.54) is 0 Å². The van der Waals surface area contributed by atoms with Gasteiger partial charge in [0, 0.05) is 25.4 Å². The lowest BCUT2D eigenvalue weighted by Gasteiger charge is -2.16. The highest BCUT2D eigenvalue weighted by atomic mass is 16.2. The minimum atomic E-state index is -0.0165. The lowest BCUT2D eigenvalue weighted by Crippen LogP contribution is -2.36. The van der Waals surface area contributed by atoms with Crippen LogP contribution in [0.4, 0.5) is 0 Å². The molecule has 0 aromatic rings. The van der Waals surface area contributed by atoms with E-state index in [0.717, 1.165) is 12.8 Å². The Morgan fingerprint density at radius 1 is 1.15 bits per heavy atom. The maximum atomic E-state index is 11.8. The summed E-state index contributed by atoms with van der Waals surface area (Å²) in [5.41, 5.74) is 5.67. The molecule has 0 aromatic heterocycles. The van der Waals surface area contributed by atoms with E-state index >= 15 is 0 Å². The molecule has 0 aliphatic rings. The third kappa shape index (κ3) is 9.78. The molecule has 4 N–H and O–H groups in total. The molecule has 0 spiro atoms. The minimum absolute atomic E-state index is 0.0163. The van der Waals surface area contributed by atoms with Gasteiger partial charge in [0.25, 0.3) is 0 Å². The fraction of sp³-hybridized carbons (Fsp3) is 0.867. The Morgan fingerprint density at radius 3 is 2.30 bits per heavy atom. The number of rotatable bonds is 10. The first kappa shape index (κ1) is 18.9. The maximum absolute atomic E-state index is 11.8. The summed E-state index contributed by atoms with van der Waals surface area (Å²) >= 11 is 0. The SMILES string of the molecule is CCC(C)NC(=O)CCNC(=O)C[C@@H](CN)CC(C)C. The molecule has 2 amide bonds. The van der Waals surface area contributed by atoms with Crippen molar-refractivity contribution in [2.75, 3.05) is 13.1 Å². The quantitative estimate of drug-likeness (QED) is 0.567. The predicted molar refractivity (Wildman–Crippen MR) is 82.1 cm³/mol. The highest BCUT2D eigenvalue weighted by Crippen LogP contribution is 2.13. The number of hydrogen-bond acceptors (Lipinski definition) is 3. The van der Waals surface area contributed by atoms with Gasteiger partial charge in [-0.2, -0.15) is 0 Å². The van der Waals surface area contributed by atoms with Crippen LogP contribution in [0.15, 0.2) is 0 Å². The third-order valence-corrected chi connectivity index (χ3v) is 3.31. The van der Waals surface area contributed by atoms with E-state index in [1.54, 1.807) is 0 Å². The molecule has 0 rings (SSSR count). The van der Waals surface area contributed by atoms with E-state index in [0.29, 0.717) is 31.8 Å². The van der Waals surface area contributed by atoms with E-state index < -0.39 is 0 Å². The Balaban J connectivity index is 3.84. The molecule has 0 aromatic carbocycles. The predicted octanol–water partition coefficient (Wildman–Crippen LogP) is 1.42. The fourth-order valence-corrected chi connectivity index (χ4v) is 2.03. The summed E-state index contributed by atoms with van der Waals surface area (Å²) in [7, 11) is 0. The second kappa shape index (κ2) is 10.7. The number of carbonyl (C=O) groups is 2. The molecular weight excluding hydrogens is 254 g/mol. The highest BCUT2D eigenvalue weighted by Gasteiger charge is 2.14. The van der Waals surface area contributed by atoms with E-state index in [2.05, 4.69) is 24.5 Å². The number of carbonyl (C=O) groups excluding carboxylic acids is 2. The van der Waals surface area contributed by atoms with Crippen LogP contribution in [0.25, 0.3) is 0 Å². The number of amides is 2. The molecule has 0 saturated heterocycles. The van der Waals surface area contributed by atoms with Crippen molar-refractivity contribution < 1.29 is 9.59 Å². The first-order chi connectivity index (χ1) is 9.38. The minimum Gasteiger partial charge on any atom is -0.356 e. The van der Waals surface area contributed by atoms with E-state index in [4.69, 9.17) is 5.73 Å². The molecule has 0 saturated carbocycles. The molecule has 0 aliphatic carbocycles. The lowest BCUT2D eigenvalue weighted by atomic mass is 9.94. The first-order valence-electron chi connectivity index (χ1n) is 7.65. The molecule has 20 heavy (non-hydrogen) atoms. The topological polar surface area (TPSA) is 84.2 Å². The molecule has 0 aliphatic heterocycles. The van der Waals surface area contributed by atoms with Crippen LogP contribution in [0.1, 0.15) is 53.4 Å². The molecule has 5 heteroatoms. The van der Waals surface area contributed by atoms with Gasteiger partial charge < -0.3 is 16.4 Å². The highest BCUT2D eigenvalue weighted by molar-refractivity contribution is 5.79. The number of nitrogens with two attached hydrogens (primary N) is 1. The second-order valence-electron chi connectivity index (χ2n) is 5.91. The van der Waals surface area contributed by atoms with Gasteiger partial charge in [-0.05, 0) is 38.1 Å². The van der Waals surface area contributed by atoms with Crippen molar-refractivity contribution in [2.45, 2.75) is 59.4 Å². The Bertz CT molecular complexity index is 293. The first-order valence-corrected chi connectivity index (χ1v) is 7.65. The zero-order valence-electron chi connectivity index (χ0n) is 13.4. The van der Waals surface area contributed by atoms with Gasteiger partial charge in [0.05, 0.1) is 0 Å². The summed E-state index contributed by atoms with van der Waals surface area (Å²) < 4.78 is 0. The standard InChI is InChI=1S/C15H31N3O2/c1-5-12(4)18-14(19)6-7-17-15(20)9-13(10-16)8-11(2)3/h11-13H,5-10,16H2,1-4H3,(H,17,20)(H,18,19)/t12?,13-/m0/s1. The summed E-state index contributed by atoms with van der Waals surface area (Å²) in [5.74, 6) is 0.733. The Morgan fingerprint density at radius 2 is 1.80 bits per heavy atom. The van der Waals surface area contributed by atoms with E-state index in [9.17, 15) is 9.59 Å². The van der Waals surface area contributed by atoms with Crippen LogP contribution in [0.2, 0.25) is 0 Å². The van der Waals surface area contributed by atoms with Gasteiger partial charge in [0.2, 0.25) is 11.8 Å². The number of nitrogens with one attached hydrogen (secondary N) is 2. The van der Waals surface area contributed by atoms with Crippen molar-refractivity contribution in [2.24, 2.45) is 17.6 Å². The van der Waals surface area contributed by atoms with Crippen LogP contribution in [0, 0.1) is 11.8 Å². The van der Waals surface area contributed by atoms with Gasteiger partial charge in [-0.25, -0.2) is 0 Å². The molecule has 0 bridgehead atoms. The molecule has 0 heterocycles. The van der Waals surface area contributed by atoms with Crippen LogP contribution >= 0.6 is 0 Å². The van der Waals surface area contributed by atoms with Gasteiger partial charge in [-0.15, -0.1) is 0 Å². The van der Waals surface area contributed by atoms with Gasteiger partial charge in [-0.1, -0.05) is 20.8 Å². The fourth-order valence-electron chi connectivity index (χ4n) is 2.03. The van der Waals surface area contributed by atoms with Gasteiger partial charge >= 0.3 is 0 Å². The van der Waals surface area contributed by atoms with Crippen molar-refractivity contribution >= 4 is 11.8 Å². The van der Waals surface area contributed by atoms with Crippen molar-refractivity contribution in [1.82, 2.24) is 10.6 Å². The lowest BCUT2D eigenvalue weighted by molar-refractivity contribution is -0.123. The van der Waals surface area contributed by atoms with Crippen LogP contribution in [0.5, 0.6) is 0 Å². The summed E-state index contributed by atoms with van der Waals surface area (Å²) in [6, 6.07) is 0.186. The molecular formula is C15H31N3O2. The van der Waals surface area contributed by atoms with E-state index in [1.807, 2.05) is 13.8 Å².